The Hall–Kier alpha value is -2.40. The van der Waals surface area contributed by atoms with Crippen LogP contribution in [0.25, 0.3) is 0 Å². The Morgan fingerprint density at radius 3 is 2.27 bits per heavy atom. The molecule has 4 N–H and O–H groups in total. The van der Waals surface area contributed by atoms with Gasteiger partial charge in [0.25, 0.3) is 0 Å². The molecule has 3 rings (SSSR count). The third-order valence-electron chi connectivity index (χ3n) is 5.43. The summed E-state index contributed by atoms with van der Waals surface area (Å²) in [5.41, 5.74) is 0.984. The van der Waals surface area contributed by atoms with E-state index in [1.165, 1.54) is 6.92 Å². The minimum absolute atomic E-state index is 0.0769. The Labute approximate surface area is 175 Å². The molecule has 0 saturated carbocycles. The Morgan fingerprint density at radius 2 is 1.73 bits per heavy atom. The molecule has 0 aliphatic carbocycles. The molecule has 2 amide bonds. The van der Waals surface area contributed by atoms with Crippen LogP contribution in [0.2, 0.25) is 0 Å². The second-order valence-electron chi connectivity index (χ2n) is 7.54. The van der Waals surface area contributed by atoms with Crippen LogP contribution in [0, 0.1) is 0 Å². The maximum absolute atomic E-state index is 11.5. The number of aliphatic hydroxyl groups excluding tert-OH is 3. The summed E-state index contributed by atoms with van der Waals surface area (Å²) in [6.07, 6.45) is -4.84. The van der Waals surface area contributed by atoms with Crippen LogP contribution in [-0.4, -0.2) is 95.5 Å². The summed E-state index contributed by atoms with van der Waals surface area (Å²) in [6, 6.07) is 6.24. The zero-order valence-corrected chi connectivity index (χ0v) is 17.1. The normalized spacial score (nSPS) is 29.4. The number of nitrogens with zero attached hydrogens (tertiary/aromatic N) is 2. The lowest BCUT2D eigenvalue weighted by molar-refractivity contribution is -0.244. The lowest BCUT2D eigenvalue weighted by atomic mass is 9.97. The summed E-state index contributed by atoms with van der Waals surface area (Å²) in [5, 5.41) is 32.3. The molecule has 2 saturated heterocycles. The quantitative estimate of drug-likeness (QED) is 0.459. The molecule has 0 unspecified atom stereocenters. The summed E-state index contributed by atoms with van der Waals surface area (Å²) < 4.78 is 11.4. The molecule has 2 heterocycles. The maximum Gasteiger partial charge on any atom is 0.223 e. The lowest BCUT2D eigenvalue weighted by Gasteiger charge is -2.42. The standard InChI is InChI=1S/C20H29N3O7/c1-12(25)21-17-19(28)18(27)16(11-24)30-20(17)29-15-5-3-14(4-6-15)23-9-7-22(8-10-23)13(2)26/h3-6,16-20,24,27-28H,7-11H2,1-2H3,(H,21,25)/t16-,17+,18-,19+,20-/m1/s1. The fourth-order valence-electron chi connectivity index (χ4n) is 3.72. The number of nitrogens with one attached hydrogen (secondary N) is 1. The van der Waals surface area contributed by atoms with Gasteiger partial charge >= 0.3 is 0 Å². The molecule has 0 radical (unpaired) electrons. The van der Waals surface area contributed by atoms with Crippen molar-refractivity contribution >= 4 is 17.5 Å². The molecule has 1 aromatic rings. The fraction of sp³-hybridized carbons (Fsp3) is 0.600. The number of hydrogen-bond donors (Lipinski definition) is 4. The van der Waals surface area contributed by atoms with E-state index >= 15 is 0 Å². The van der Waals surface area contributed by atoms with Gasteiger partial charge < -0.3 is 39.9 Å². The Kier molecular flexibility index (Phi) is 7.14. The molecule has 0 bridgehead atoms. The second kappa shape index (κ2) is 9.61. The van der Waals surface area contributed by atoms with Crippen molar-refractivity contribution in [3.63, 3.8) is 0 Å². The van der Waals surface area contributed by atoms with Crippen LogP contribution in [0.3, 0.4) is 0 Å². The molecule has 10 heteroatoms. The van der Waals surface area contributed by atoms with Crippen molar-refractivity contribution < 1.29 is 34.4 Å². The highest BCUT2D eigenvalue weighted by Gasteiger charge is 2.46. The van der Waals surface area contributed by atoms with E-state index in [-0.39, 0.29) is 5.91 Å². The first kappa shape index (κ1) is 22.3. The molecule has 0 spiro atoms. The topological polar surface area (TPSA) is 132 Å². The van der Waals surface area contributed by atoms with E-state index in [2.05, 4.69) is 10.2 Å². The zero-order valence-electron chi connectivity index (χ0n) is 17.1. The van der Waals surface area contributed by atoms with Gasteiger partial charge in [0.15, 0.2) is 0 Å². The van der Waals surface area contributed by atoms with Gasteiger partial charge in [0.05, 0.1) is 6.61 Å². The van der Waals surface area contributed by atoms with Crippen LogP contribution in [0.1, 0.15) is 13.8 Å². The van der Waals surface area contributed by atoms with Crippen molar-refractivity contribution in [3.8, 4) is 5.75 Å². The zero-order chi connectivity index (χ0) is 21.8. The van der Waals surface area contributed by atoms with Crippen LogP contribution < -0.4 is 15.0 Å². The minimum Gasteiger partial charge on any atom is -0.463 e. The van der Waals surface area contributed by atoms with Crippen LogP contribution in [0.5, 0.6) is 5.75 Å². The monoisotopic (exact) mass is 423 g/mol. The average molecular weight is 423 g/mol. The smallest absolute Gasteiger partial charge is 0.223 e. The molecule has 2 aliphatic rings. The Balaban J connectivity index is 1.67. The molecule has 10 nitrogen and oxygen atoms in total. The van der Waals surface area contributed by atoms with Gasteiger partial charge in [0.2, 0.25) is 18.1 Å². The number of piperazine rings is 1. The molecule has 2 aliphatic heterocycles. The van der Waals surface area contributed by atoms with Crippen LogP contribution in [0.4, 0.5) is 5.69 Å². The summed E-state index contributed by atoms with van der Waals surface area (Å²) in [5.74, 6) is 0.112. The van der Waals surface area contributed by atoms with E-state index in [0.29, 0.717) is 18.8 Å². The van der Waals surface area contributed by atoms with Gasteiger partial charge in [0, 0.05) is 45.7 Å². The van der Waals surface area contributed by atoms with Crippen molar-refractivity contribution in [2.45, 2.75) is 44.5 Å². The highest BCUT2D eigenvalue weighted by Crippen LogP contribution is 2.26. The molecular weight excluding hydrogens is 394 g/mol. The number of anilines is 1. The Bertz CT molecular complexity index is 736. The van der Waals surface area contributed by atoms with Gasteiger partial charge in [0.1, 0.15) is 30.1 Å². The number of rotatable bonds is 5. The lowest BCUT2D eigenvalue weighted by Crippen LogP contribution is -2.65. The van der Waals surface area contributed by atoms with Crippen LogP contribution in [0.15, 0.2) is 24.3 Å². The van der Waals surface area contributed by atoms with Crippen molar-refractivity contribution in [2.24, 2.45) is 0 Å². The van der Waals surface area contributed by atoms with Gasteiger partial charge in [-0.25, -0.2) is 0 Å². The van der Waals surface area contributed by atoms with Crippen LogP contribution >= 0.6 is 0 Å². The summed E-state index contributed by atoms with van der Waals surface area (Å²) >= 11 is 0. The SMILES string of the molecule is CC(=O)N[C@@H]1[C@H](Oc2ccc(N3CCN(C(C)=O)CC3)cc2)O[C@H](CO)[C@@H](O)[C@H]1O. The number of benzene rings is 1. The van der Waals surface area contributed by atoms with Crippen molar-refractivity contribution in [2.75, 3.05) is 37.7 Å². The van der Waals surface area contributed by atoms with Crippen molar-refractivity contribution in [1.82, 2.24) is 10.2 Å². The number of carbonyl (C=O) groups is 2. The first-order valence-electron chi connectivity index (χ1n) is 9.97. The average Bonchev–Trinajstić information content (AvgIpc) is 2.73. The molecule has 2 fully saturated rings. The molecule has 0 aromatic heterocycles. The van der Waals surface area contributed by atoms with E-state index in [0.717, 1.165) is 18.8 Å². The molecule has 166 valence electrons. The first-order valence-corrected chi connectivity index (χ1v) is 9.97. The van der Waals surface area contributed by atoms with E-state index in [1.54, 1.807) is 19.1 Å². The van der Waals surface area contributed by atoms with E-state index in [4.69, 9.17) is 9.47 Å². The molecule has 30 heavy (non-hydrogen) atoms. The van der Waals surface area contributed by atoms with E-state index in [1.807, 2.05) is 17.0 Å². The van der Waals surface area contributed by atoms with Gasteiger partial charge in [-0.3, -0.25) is 9.59 Å². The third kappa shape index (κ3) is 5.01. The first-order chi connectivity index (χ1) is 14.3. The highest BCUT2D eigenvalue weighted by atomic mass is 16.7. The van der Waals surface area contributed by atoms with Gasteiger partial charge in [-0.1, -0.05) is 0 Å². The predicted molar refractivity (Wildman–Crippen MR) is 107 cm³/mol. The summed E-state index contributed by atoms with van der Waals surface area (Å²) in [7, 11) is 0. The van der Waals surface area contributed by atoms with Gasteiger partial charge in [-0.05, 0) is 24.3 Å². The van der Waals surface area contributed by atoms with E-state index < -0.39 is 43.2 Å². The minimum atomic E-state index is -1.36. The van der Waals surface area contributed by atoms with Gasteiger partial charge in [-0.15, -0.1) is 0 Å². The molecular formula is C20H29N3O7. The number of ether oxygens (including phenoxy) is 2. The summed E-state index contributed by atoms with van der Waals surface area (Å²) in [4.78, 5) is 26.9. The Morgan fingerprint density at radius 1 is 1.10 bits per heavy atom. The van der Waals surface area contributed by atoms with Crippen LogP contribution in [-0.2, 0) is 14.3 Å². The second-order valence-corrected chi connectivity index (χ2v) is 7.54. The van der Waals surface area contributed by atoms with E-state index in [9.17, 15) is 24.9 Å². The predicted octanol–water partition coefficient (Wildman–Crippen LogP) is -1.32. The highest BCUT2D eigenvalue weighted by molar-refractivity contribution is 5.74. The number of carbonyl (C=O) groups excluding carboxylic acids is 2. The molecule has 5 atom stereocenters. The fourth-order valence-corrected chi connectivity index (χ4v) is 3.72. The summed E-state index contributed by atoms with van der Waals surface area (Å²) in [6.45, 7) is 5.16. The molecule has 1 aromatic carbocycles. The van der Waals surface area contributed by atoms with Gasteiger partial charge in [-0.2, -0.15) is 0 Å². The third-order valence-corrected chi connectivity index (χ3v) is 5.43. The van der Waals surface area contributed by atoms with Crippen molar-refractivity contribution in [3.05, 3.63) is 24.3 Å². The number of aliphatic hydroxyl groups is 3. The largest absolute Gasteiger partial charge is 0.463 e. The number of amides is 2. The van der Waals surface area contributed by atoms with Crippen molar-refractivity contribution in [1.29, 1.82) is 0 Å². The maximum atomic E-state index is 11.5. The number of hydrogen-bond acceptors (Lipinski definition) is 8.